The maximum absolute atomic E-state index is 13.8. The summed E-state index contributed by atoms with van der Waals surface area (Å²) in [6.45, 7) is 1.82. The van der Waals surface area contributed by atoms with E-state index in [1.165, 1.54) is 13.2 Å². The van der Waals surface area contributed by atoms with E-state index in [-0.39, 0.29) is 11.9 Å². The van der Waals surface area contributed by atoms with Crippen LogP contribution < -0.4 is 10.5 Å². The van der Waals surface area contributed by atoms with Gasteiger partial charge in [-0.25, -0.2) is 9.07 Å². The fourth-order valence-electron chi connectivity index (χ4n) is 1.87. The van der Waals surface area contributed by atoms with Crippen LogP contribution in [-0.2, 0) is 0 Å². The third kappa shape index (κ3) is 1.95. The van der Waals surface area contributed by atoms with Gasteiger partial charge >= 0.3 is 0 Å². The predicted octanol–water partition coefficient (Wildman–Crippen LogP) is 2.22. The first-order chi connectivity index (χ1) is 8.15. The van der Waals surface area contributed by atoms with Crippen molar-refractivity contribution in [2.75, 3.05) is 12.8 Å². The molecule has 0 fully saturated rings. The Morgan fingerprint density at radius 1 is 1.41 bits per heavy atom. The Morgan fingerprint density at radius 3 is 2.76 bits per heavy atom. The molecular weight excluding hydrogens is 221 g/mol. The second kappa shape index (κ2) is 4.45. The van der Waals surface area contributed by atoms with Gasteiger partial charge in [-0.3, -0.25) is 0 Å². The largest absolute Gasteiger partial charge is 0.496 e. The van der Waals surface area contributed by atoms with E-state index in [2.05, 4.69) is 5.10 Å². The van der Waals surface area contributed by atoms with Crippen LogP contribution in [0.3, 0.4) is 0 Å². The van der Waals surface area contributed by atoms with E-state index >= 15 is 0 Å². The number of nitrogens with two attached hydrogens (primary N) is 1. The van der Waals surface area contributed by atoms with Crippen LogP contribution in [-0.4, -0.2) is 16.9 Å². The molecule has 5 heteroatoms. The number of methoxy groups -OCH3 is 1. The van der Waals surface area contributed by atoms with E-state index in [1.54, 1.807) is 29.1 Å². The van der Waals surface area contributed by atoms with Gasteiger partial charge in [0.1, 0.15) is 17.4 Å². The Morgan fingerprint density at radius 2 is 2.18 bits per heavy atom. The molecule has 1 aromatic carbocycles. The smallest absolute Gasteiger partial charge is 0.132 e. The van der Waals surface area contributed by atoms with E-state index in [1.807, 2.05) is 6.92 Å². The van der Waals surface area contributed by atoms with Crippen molar-refractivity contribution in [3.63, 3.8) is 0 Å². The van der Waals surface area contributed by atoms with Crippen LogP contribution >= 0.6 is 0 Å². The first-order valence-corrected chi connectivity index (χ1v) is 5.26. The Balaban J connectivity index is 2.50. The summed E-state index contributed by atoms with van der Waals surface area (Å²) >= 11 is 0. The molecule has 0 saturated heterocycles. The number of ether oxygens (including phenoxy) is 1. The zero-order valence-corrected chi connectivity index (χ0v) is 9.72. The molecule has 1 heterocycles. The molecule has 90 valence electrons. The van der Waals surface area contributed by atoms with Crippen LogP contribution in [0.2, 0.25) is 0 Å². The average molecular weight is 235 g/mol. The van der Waals surface area contributed by atoms with Gasteiger partial charge in [-0.15, -0.1) is 0 Å². The lowest BCUT2D eigenvalue weighted by molar-refractivity contribution is 0.393. The minimum Gasteiger partial charge on any atom is -0.496 e. The molecule has 0 bridgehead atoms. The van der Waals surface area contributed by atoms with Gasteiger partial charge in [0.25, 0.3) is 0 Å². The normalized spacial score (nSPS) is 12.4. The Bertz CT molecular complexity index is 524. The molecule has 2 N–H and O–H groups in total. The van der Waals surface area contributed by atoms with Gasteiger partial charge in [0.15, 0.2) is 0 Å². The lowest BCUT2D eigenvalue weighted by atomic mass is 10.1. The highest BCUT2D eigenvalue weighted by atomic mass is 19.1. The summed E-state index contributed by atoms with van der Waals surface area (Å²) in [4.78, 5) is 0. The van der Waals surface area contributed by atoms with Crippen LogP contribution in [0.5, 0.6) is 5.75 Å². The molecule has 0 aliphatic heterocycles. The van der Waals surface area contributed by atoms with Crippen molar-refractivity contribution >= 4 is 5.82 Å². The zero-order valence-electron chi connectivity index (χ0n) is 9.72. The van der Waals surface area contributed by atoms with Gasteiger partial charge in [-0.2, -0.15) is 5.10 Å². The third-order valence-corrected chi connectivity index (χ3v) is 2.72. The van der Waals surface area contributed by atoms with Gasteiger partial charge in [-0.05, 0) is 25.1 Å². The van der Waals surface area contributed by atoms with Gasteiger partial charge in [0, 0.05) is 0 Å². The molecule has 2 rings (SSSR count). The highest BCUT2D eigenvalue weighted by Gasteiger charge is 2.19. The lowest BCUT2D eigenvalue weighted by Gasteiger charge is -2.18. The number of aromatic nitrogens is 2. The predicted molar refractivity (Wildman–Crippen MR) is 63.4 cm³/mol. The van der Waals surface area contributed by atoms with Crippen LogP contribution in [0.25, 0.3) is 0 Å². The molecule has 0 saturated carbocycles. The fraction of sp³-hybridized carbons (Fsp3) is 0.250. The van der Waals surface area contributed by atoms with Gasteiger partial charge < -0.3 is 10.5 Å². The maximum Gasteiger partial charge on any atom is 0.132 e. The first kappa shape index (κ1) is 11.4. The van der Waals surface area contributed by atoms with Crippen LogP contribution in [0.15, 0.2) is 30.5 Å². The Labute approximate surface area is 98.8 Å². The monoisotopic (exact) mass is 235 g/mol. The van der Waals surface area contributed by atoms with E-state index in [9.17, 15) is 4.39 Å². The quantitative estimate of drug-likeness (QED) is 0.887. The number of nitrogen functional groups attached to an aromatic ring is 1. The number of rotatable bonds is 3. The summed E-state index contributed by atoms with van der Waals surface area (Å²) in [5, 5.41) is 4.08. The number of hydrogen-bond donors (Lipinski definition) is 1. The topological polar surface area (TPSA) is 53.1 Å². The standard InChI is InChI=1S/C12H14FN3O/c1-8(16-11(14)6-7-15-16)12-9(13)4-3-5-10(12)17-2/h3-8H,14H2,1-2H3. The summed E-state index contributed by atoms with van der Waals surface area (Å²) in [7, 11) is 1.51. The van der Waals surface area contributed by atoms with Crippen LogP contribution in [0.1, 0.15) is 18.5 Å². The van der Waals surface area contributed by atoms with Crippen molar-refractivity contribution in [1.82, 2.24) is 9.78 Å². The van der Waals surface area contributed by atoms with Crippen molar-refractivity contribution in [3.8, 4) is 5.75 Å². The minimum absolute atomic E-state index is 0.318. The van der Waals surface area contributed by atoms with Crippen molar-refractivity contribution in [2.45, 2.75) is 13.0 Å². The minimum atomic E-state index is -0.327. The van der Waals surface area contributed by atoms with E-state index < -0.39 is 0 Å². The van der Waals surface area contributed by atoms with Crippen LogP contribution in [0, 0.1) is 5.82 Å². The fourth-order valence-corrected chi connectivity index (χ4v) is 1.87. The van der Waals surface area contributed by atoms with Gasteiger partial charge in [0.05, 0.1) is 24.9 Å². The second-order valence-corrected chi connectivity index (χ2v) is 3.73. The number of benzene rings is 1. The molecule has 0 radical (unpaired) electrons. The summed E-state index contributed by atoms with van der Waals surface area (Å²) in [6, 6.07) is 6.07. The molecular formula is C12H14FN3O. The molecule has 2 aromatic rings. The van der Waals surface area contributed by atoms with E-state index in [4.69, 9.17) is 10.5 Å². The van der Waals surface area contributed by atoms with E-state index in [0.717, 1.165) is 0 Å². The number of anilines is 1. The molecule has 1 atom stereocenters. The SMILES string of the molecule is COc1cccc(F)c1C(C)n1nccc1N. The summed E-state index contributed by atoms with van der Waals surface area (Å²) in [5.74, 6) is 0.655. The molecule has 1 unspecified atom stereocenters. The zero-order chi connectivity index (χ0) is 12.4. The first-order valence-electron chi connectivity index (χ1n) is 5.26. The maximum atomic E-state index is 13.8. The highest BCUT2D eigenvalue weighted by molar-refractivity contribution is 5.39. The second-order valence-electron chi connectivity index (χ2n) is 3.73. The molecule has 4 nitrogen and oxygen atoms in total. The Kier molecular flexibility index (Phi) is 2.99. The number of hydrogen-bond acceptors (Lipinski definition) is 3. The number of halogens is 1. The number of nitrogens with zero attached hydrogens (tertiary/aromatic N) is 2. The van der Waals surface area contributed by atoms with Crippen molar-refractivity contribution < 1.29 is 9.13 Å². The molecule has 0 aliphatic rings. The van der Waals surface area contributed by atoms with Gasteiger partial charge in [0.2, 0.25) is 0 Å². The molecule has 1 aromatic heterocycles. The van der Waals surface area contributed by atoms with Crippen molar-refractivity contribution in [3.05, 3.63) is 41.8 Å². The third-order valence-electron chi connectivity index (χ3n) is 2.72. The molecule has 17 heavy (non-hydrogen) atoms. The van der Waals surface area contributed by atoms with E-state index in [0.29, 0.717) is 17.1 Å². The average Bonchev–Trinajstić information content (AvgIpc) is 2.74. The summed E-state index contributed by atoms with van der Waals surface area (Å²) < 4.78 is 20.6. The van der Waals surface area contributed by atoms with Gasteiger partial charge in [-0.1, -0.05) is 6.07 Å². The van der Waals surface area contributed by atoms with Crippen LogP contribution in [0.4, 0.5) is 10.2 Å². The molecule has 0 amide bonds. The summed E-state index contributed by atoms with van der Waals surface area (Å²) in [5.41, 5.74) is 6.21. The summed E-state index contributed by atoms with van der Waals surface area (Å²) in [6.07, 6.45) is 1.58. The molecule has 0 aliphatic carbocycles. The molecule has 0 spiro atoms. The van der Waals surface area contributed by atoms with Crippen molar-refractivity contribution in [2.24, 2.45) is 0 Å². The van der Waals surface area contributed by atoms with Crippen molar-refractivity contribution in [1.29, 1.82) is 0 Å². The highest BCUT2D eigenvalue weighted by Crippen LogP contribution is 2.30. The Hall–Kier alpha value is -2.04. The lowest BCUT2D eigenvalue weighted by Crippen LogP contribution is -2.13.